The maximum atomic E-state index is 12.1. The fraction of sp³-hybridized carbons (Fsp3) is 0.176. The van der Waals surface area contributed by atoms with Crippen molar-refractivity contribution in [3.05, 3.63) is 54.1 Å². The van der Waals surface area contributed by atoms with Crippen molar-refractivity contribution >= 4 is 23.4 Å². The molecular formula is C17H17N5OS. The van der Waals surface area contributed by atoms with Gasteiger partial charge in [0.15, 0.2) is 0 Å². The molecule has 0 aliphatic carbocycles. The third kappa shape index (κ3) is 3.80. The predicted molar refractivity (Wildman–Crippen MR) is 94.8 cm³/mol. The Morgan fingerprint density at radius 3 is 2.83 bits per heavy atom. The minimum Gasteiger partial charge on any atom is -0.324 e. The molecule has 1 amide bonds. The van der Waals surface area contributed by atoms with Crippen LogP contribution in [0.4, 0.5) is 5.69 Å². The van der Waals surface area contributed by atoms with E-state index in [1.54, 1.807) is 11.8 Å². The molecule has 0 aliphatic rings. The van der Waals surface area contributed by atoms with E-state index >= 15 is 0 Å². The van der Waals surface area contributed by atoms with Crippen LogP contribution in [0.3, 0.4) is 0 Å². The summed E-state index contributed by atoms with van der Waals surface area (Å²) >= 11 is 1.63. The van der Waals surface area contributed by atoms with Crippen LogP contribution >= 0.6 is 11.8 Å². The minimum absolute atomic E-state index is 0.0162. The van der Waals surface area contributed by atoms with Gasteiger partial charge in [0.2, 0.25) is 11.7 Å². The number of aryl methyl sites for hydroxylation is 1. The maximum Gasteiger partial charge on any atom is 0.248 e. The van der Waals surface area contributed by atoms with Crippen LogP contribution in [-0.2, 0) is 11.3 Å². The van der Waals surface area contributed by atoms with Gasteiger partial charge in [-0.1, -0.05) is 30.3 Å². The van der Waals surface area contributed by atoms with Crippen molar-refractivity contribution in [2.75, 3.05) is 11.6 Å². The topological polar surface area (TPSA) is 72.7 Å². The molecule has 0 unspecified atom stereocenters. The number of nitrogens with one attached hydrogen (secondary N) is 1. The Morgan fingerprint density at radius 2 is 2.04 bits per heavy atom. The number of hydrogen-bond acceptors (Lipinski definition) is 5. The molecular weight excluding hydrogens is 322 g/mol. The second kappa shape index (κ2) is 7.27. The highest BCUT2D eigenvalue weighted by Gasteiger charge is 2.11. The molecule has 0 fully saturated rings. The lowest BCUT2D eigenvalue weighted by atomic mass is 10.1. The number of benzene rings is 2. The van der Waals surface area contributed by atoms with E-state index in [2.05, 4.69) is 20.7 Å². The number of nitrogens with zero attached hydrogens (tertiary/aromatic N) is 4. The largest absolute Gasteiger partial charge is 0.324 e. The number of rotatable bonds is 5. The molecule has 0 radical (unpaired) electrons. The Kier molecular flexibility index (Phi) is 4.90. The highest BCUT2D eigenvalue weighted by atomic mass is 32.2. The van der Waals surface area contributed by atoms with Gasteiger partial charge in [-0.3, -0.25) is 4.79 Å². The summed E-state index contributed by atoms with van der Waals surface area (Å²) in [6.45, 7) is 2.00. The molecule has 24 heavy (non-hydrogen) atoms. The molecule has 6 nitrogen and oxygen atoms in total. The number of tetrazole rings is 1. The molecule has 1 aromatic heterocycles. The first kappa shape index (κ1) is 16.2. The standard InChI is InChI=1S/C17H17N5OS/c1-12-6-3-4-9-15(12)17-19-21-22(20-17)11-16(23)18-13-7-5-8-14(10-13)24-2/h3-10H,11H2,1-2H3,(H,18,23). The second-order valence-electron chi connectivity index (χ2n) is 5.24. The van der Waals surface area contributed by atoms with Crippen LogP contribution in [0.25, 0.3) is 11.4 Å². The summed E-state index contributed by atoms with van der Waals surface area (Å²) in [5.41, 5.74) is 2.73. The summed E-state index contributed by atoms with van der Waals surface area (Å²) in [5.74, 6) is 0.326. The van der Waals surface area contributed by atoms with Crippen molar-refractivity contribution in [3.8, 4) is 11.4 Å². The SMILES string of the molecule is CSc1cccc(NC(=O)Cn2nnc(-c3ccccc3C)n2)c1. The monoisotopic (exact) mass is 339 g/mol. The van der Waals surface area contributed by atoms with Gasteiger partial charge >= 0.3 is 0 Å². The van der Waals surface area contributed by atoms with Crippen LogP contribution in [-0.4, -0.2) is 32.4 Å². The third-order valence-electron chi connectivity index (χ3n) is 3.48. The van der Waals surface area contributed by atoms with Crippen molar-refractivity contribution < 1.29 is 4.79 Å². The second-order valence-corrected chi connectivity index (χ2v) is 6.12. The molecule has 0 saturated carbocycles. The Hall–Kier alpha value is -2.67. The molecule has 1 N–H and O–H groups in total. The number of carbonyl (C=O) groups excluding carboxylic acids is 1. The van der Waals surface area contributed by atoms with Crippen LogP contribution in [0.15, 0.2) is 53.4 Å². The Balaban J connectivity index is 1.68. The zero-order chi connectivity index (χ0) is 16.9. The maximum absolute atomic E-state index is 12.1. The molecule has 7 heteroatoms. The first-order chi connectivity index (χ1) is 11.7. The van der Waals surface area contributed by atoms with Gasteiger partial charge in [0, 0.05) is 16.1 Å². The average molecular weight is 339 g/mol. The van der Waals surface area contributed by atoms with Gasteiger partial charge in [-0.15, -0.1) is 22.0 Å². The molecule has 3 rings (SSSR count). The van der Waals surface area contributed by atoms with E-state index < -0.39 is 0 Å². The van der Waals surface area contributed by atoms with E-state index in [4.69, 9.17) is 0 Å². The normalized spacial score (nSPS) is 10.6. The molecule has 1 heterocycles. The van der Waals surface area contributed by atoms with Gasteiger partial charge in [-0.05, 0) is 42.2 Å². The van der Waals surface area contributed by atoms with Crippen molar-refractivity contribution in [1.29, 1.82) is 0 Å². The van der Waals surface area contributed by atoms with Crippen LogP contribution in [0, 0.1) is 6.92 Å². The van der Waals surface area contributed by atoms with Gasteiger partial charge < -0.3 is 5.32 Å². The van der Waals surface area contributed by atoms with Crippen molar-refractivity contribution in [3.63, 3.8) is 0 Å². The van der Waals surface area contributed by atoms with Gasteiger partial charge in [0.25, 0.3) is 0 Å². The summed E-state index contributed by atoms with van der Waals surface area (Å²) in [4.78, 5) is 14.5. The van der Waals surface area contributed by atoms with Crippen LogP contribution in [0.1, 0.15) is 5.56 Å². The van der Waals surface area contributed by atoms with Crippen molar-refractivity contribution in [1.82, 2.24) is 20.2 Å². The van der Waals surface area contributed by atoms with Gasteiger partial charge in [0.05, 0.1) is 0 Å². The molecule has 0 spiro atoms. The summed E-state index contributed by atoms with van der Waals surface area (Å²) in [5, 5.41) is 15.1. The van der Waals surface area contributed by atoms with E-state index in [9.17, 15) is 4.79 Å². The number of aromatic nitrogens is 4. The summed E-state index contributed by atoms with van der Waals surface area (Å²) in [6.07, 6.45) is 1.99. The molecule has 3 aromatic rings. The smallest absolute Gasteiger partial charge is 0.248 e. The van der Waals surface area contributed by atoms with Gasteiger partial charge in [-0.2, -0.15) is 4.80 Å². The number of anilines is 1. The summed E-state index contributed by atoms with van der Waals surface area (Å²) in [7, 11) is 0. The molecule has 122 valence electrons. The third-order valence-corrected chi connectivity index (χ3v) is 4.20. The number of thioether (sulfide) groups is 1. The Morgan fingerprint density at radius 1 is 1.21 bits per heavy atom. The molecule has 0 saturated heterocycles. The number of amides is 1. The van der Waals surface area contributed by atoms with Crippen LogP contribution in [0.5, 0.6) is 0 Å². The quantitative estimate of drug-likeness (QED) is 0.724. The molecule has 0 bridgehead atoms. The zero-order valence-corrected chi connectivity index (χ0v) is 14.2. The molecule has 0 atom stereocenters. The minimum atomic E-state index is -0.193. The lowest BCUT2D eigenvalue weighted by Crippen LogP contribution is -2.20. The van der Waals surface area contributed by atoms with E-state index in [1.807, 2.05) is 61.7 Å². The fourth-order valence-corrected chi connectivity index (χ4v) is 2.73. The van der Waals surface area contributed by atoms with E-state index in [0.717, 1.165) is 21.7 Å². The van der Waals surface area contributed by atoms with Crippen molar-refractivity contribution in [2.45, 2.75) is 18.4 Å². The molecule has 0 aliphatic heterocycles. The average Bonchev–Trinajstić information content (AvgIpc) is 3.03. The first-order valence-electron chi connectivity index (χ1n) is 7.43. The number of carbonyl (C=O) groups is 1. The van der Waals surface area contributed by atoms with Crippen molar-refractivity contribution in [2.24, 2.45) is 0 Å². The lowest BCUT2D eigenvalue weighted by Gasteiger charge is -2.05. The first-order valence-corrected chi connectivity index (χ1v) is 8.66. The Bertz CT molecular complexity index is 861. The predicted octanol–water partition coefficient (Wildman–Crippen LogP) is 3.01. The van der Waals surface area contributed by atoms with E-state index in [0.29, 0.717) is 5.82 Å². The molecule has 2 aromatic carbocycles. The van der Waals surface area contributed by atoms with E-state index in [1.165, 1.54) is 4.80 Å². The Labute approximate surface area is 144 Å². The summed E-state index contributed by atoms with van der Waals surface area (Å²) in [6, 6.07) is 15.5. The number of hydrogen-bond donors (Lipinski definition) is 1. The highest BCUT2D eigenvalue weighted by molar-refractivity contribution is 7.98. The van der Waals surface area contributed by atoms with Gasteiger partial charge in [0.1, 0.15) is 6.54 Å². The zero-order valence-electron chi connectivity index (χ0n) is 13.4. The van der Waals surface area contributed by atoms with Crippen LogP contribution in [0.2, 0.25) is 0 Å². The highest BCUT2D eigenvalue weighted by Crippen LogP contribution is 2.19. The summed E-state index contributed by atoms with van der Waals surface area (Å²) < 4.78 is 0. The van der Waals surface area contributed by atoms with E-state index in [-0.39, 0.29) is 12.5 Å². The fourth-order valence-electron chi connectivity index (χ4n) is 2.27. The van der Waals surface area contributed by atoms with Gasteiger partial charge in [-0.25, -0.2) is 0 Å². The van der Waals surface area contributed by atoms with Crippen LogP contribution < -0.4 is 5.32 Å². The lowest BCUT2D eigenvalue weighted by molar-refractivity contribution is -0.117.